The summed E-state index contributed by atoms with van der Waals surface area (Å²) in [6.07, 6.45) is 7.72. The van der Waals surface area contributed by atoms with Crippen molar-refractivity contribution in [2.24, 2.45) is 0 Å². The van der Waals surface area contributed by atoms with E-state index >= 15 is 0 Å². The molecule has 48 heavy (non-hydrogen) atoms. The van der Waals surface area contributed by atoms with Gasteiger partial charge in [-0.3, -0.25) is 9.97 Å². The first kappa shape index (κ1) is 26.4. The molecule has 0 radical (unpaired) electrons. The topological polar surface area (TPSA) is 25.8 Å². The Balaban J connectivity index is 1.32. The van der Waals surface area contributed by atoms with Crippen molar-refractivity contribution >= 4 is 106 Å². The summed E-state index contributed by atoms with van der Waals surface area (Å²) in [6.45, 7) is 0. The monoisotopic (exact) mass is 644 g/mol. The molecule has 0 N–H and O–H groups in total. The highest BCUT2D eigenvalue weighted by Gasteiger charge is 2.19. The summed E-state index contributed by atoms with van der Waals surface area (Å²) in [4.78, 5) is 9.09. The van der Waals surface area contributed by atoms with Gasteiger partial charge in [-0.25, -0.2) is 0 Å². The molecule has 0 saturated heterocycles. The zero-order valence-electron chi connectivity index (χ0n) is 25.6. The molecule has 2 nitrogen and oxygen atoms in total. The van der Waals surface area contributed by atoms with Gasteiger partial charge in [0.05, 0.1) is 0 Å². The maximum Gasteiger partial charge on any atom is 0.0440 e. The highest BCUT2D eigenvalue weighted by molar-refractivity contribution is 7.27. The fourth-order valence-electron chi connectivity index (χ4n) is 7.85. The standard InChI is InChI=1S/C44H24N2S2/c1-3-11-39-29(9-1)33-15-13-31-35-19-28-22-38(26-8-6-18-46-24-26)42-32(14-16-34-30-10-2-4-12-40(30)48-44(34)42)36(28)20-27(35)21-37(41(31)43(33)47-39)25-7-5-17-45-23-25/h1-24H. The normalized spacial score (nSPS) is 12.2. The first-order valence-corrected chi connectivity index (χ1v) is 17.8. The molecule has 4 aromatic heterocycles. The lowest BCUT2D eigenvalue weighted by Gasteiger charge is -2.16. The molecule has 11 aromatic rings. The summed E-state index contributed by atoms with van der Waals surface area (Å²) in [7, 11) is 0. The van der Waals surface area contributed by atoms with E-state index in [0.717, 1.165) is 11.1 Å². The third-order valence-electron chi connectivity index (χ3n) is 9.98. The molecule has 4 heterocycles. The molecule has 0 spiro atoms. The average Bonchev–Trinajstić information content (AvgIpc) is 3.73. The number of aromatic nitrogens is 2. The average molecular weight is 645 g/mol. The molecule has 0 amide bonds. The van der Waals surface area contributed by atoms with Crippen LogP contribution in [-0.4, -0.2) is 9.97 Å². The summed E-state index contributed by atoms with van der Waals surface area (Å²) in [6, 6.07) is 45.0. The number of pyridine rings is 2. The predicted octanol–water partition coefficient (Wildman–Crippen LogP) is 13.2. The number of nitrogens with zero attached hydrogens (tertiary/aromatic N) is 2. The second-order valence-corrected chi connectivity index (χ2v) is 14.7. The van der Waals surface area contributed by atoms with Crippen molar-refractivity contribution in [1.82, 2.24) is 9.97 Å². The van der Waals surface area contributed by atoms with Gasteiger partial charge in [0.25, 0.3) is 0 Å². The van der Waals surface area contributed by atoms with Gasteiger partial charge in [0.15, 0.2) is 0 Å². The van der Waals surface area contributed by atoms with Crippen LogP contribution in [0.25, 0.3) is 106 Å². The largest absolute Gasteiger partial charge is 0.264 e. The van der Waals surface area contributed by atoms with E-state index in [2.05, 4.69) is 119 Å². The summed E-state index contributed by atoms with van der Waals surface area (Å²) in [5.41, 5.74) is 4.73. The Labute approximate surface area is 283 Å². The molecule has 11 rings (SSSR count). The van der Waals surface area contributed by atoms with Crippen LogP contribution in [0.2, 0.25) is 0 Å². The smallest absolute Gasteiger partial charge is 0.0440 e. The molecule has 0 aliphatic rings. The highest BCUT2D eigenvalue weighted by Crippen LogP contribution is 2.48. The van der Waals surface area contributed by atoms with Crippen molar-refractivity contribution < 1.29 is 0 Å². The van der Waals surface area contributed by atoms with Gasteiger partial charge in [-0.2, -0.15) is 0 Å². The van der Waals surface area contributed by atoms with Crippen LogP contribution >= 0.6 is 22.7 Å². The van der Waals surface area contributed by atoms with Crippen LogP contribution in [0.4, 0.5) is 0 Å². The molecule has 0 atom stereocenters. The minimum atomic E-state index is 1.14. The van der Waals surface area contributed by atoms with Gasteiger partial charge in [0.1, 0.15) is 0 Å². The van der Waals surface area contributed by atoms with Crippen molar-refractivity contribution in [3.63, 3.8) is 0 Å². The van der Waals surface area contributed by atoms with Crippen LogP contribution in [0.15, 0.2) is 146 Å². The minimum Gasteiger partial charge on any atom is -0.264 e. The van der Waals surface area contributed by atoms with Crippen LogP contribution < -0.4 is 0 Å². The Hall–Kier alpha value is -5.68. The van der Waals surface area contributed by atoms with Crippen LogP contribution in [0.1, 0.15) is 0 Å². The van der Waals surface area contributed by atoms with E-state index in [1.165, 1.54) is 94.6 Å². The lowest BCUT2D eigenvalue weighted by Crippen LogP contribution is -1.89. The number of fused-ring (bicyclic) bond motifs is 14. The van der Waals surface area contributed by atoms with Crippen LogP contribution in [0.3, 0.4) is 0 Å². The van der Waals surface area contributed by atoms with Gasteiger partial charge in [0, 0.05) is 87.0 Å². The highest BCUT2D eigenvalue weighted by atomic mass is 32.1. The molecule has 0 aliphatic heterocycles. The molecular weight excluding hydrogens is 621 g/mol. The second kappa shape index (κ2) is 9.91. The molecule has 0 aliphatic carbocycles. The van der Waals surface area contributed by atoms with E-state index in [9.17, 15) is 0 Å². The minimum absolute atomic E-state index is 1.14. The Bertz CT molecular complexity index is 2890. The second-order valence-electron chi connectivity index (χ2n) is 12.6. The number of hydrogen-bond donors (Lipinski definition) is 0. The molecule has 0 fully saturated rings. The quantitative estimate of drug-likeness (QED) is 0.138. The van der Waals surface area contributed by atoms with Crippen LogP contribution in [0.5, 0.6) is 0 Å². The van der Waals surface area contributed by atoms with Gasteiger partial charge in [0.2, 0.25) is 0 Å². The summed E-state index contributed by atoms with van der Waals surface area (Å²) < 4.78 is 5.29. The Morgan fingerprint density at radius 3 is 1.29 bits per heavy atom. The van der Waals surface area contributed by atoms with Crippen molar-refractivity contribution in [3.05, 3.63) is 146 Å². The van der Waals surface area contributed by atoms with Crippen molar-refractivity contribution in [3.8, 4) is 22.3 Å². The van der Waals surface area contributed by atoms with Crippen LogP contribution in [-0.2, 0) is 0 Å². The van der Waals surface area contributed by atoms with E-state index < -0.39 is 0 Å². The molecule has 4 heteroatoms. The molecule has 0 bridgehead atoms. The molecular formula is C44H24N2S2. The maximum atomic E-state index is 4.55. The Morgan fingerprint density at radius 1 is 0.375 bits per heavy atom. The summed E-state index contributed by atoms with van der Waals surface area (Å²) in [5.74, 6) is 0. The molecule has 0 unspecified atom stereocenters. The lowest BCUT2D eigenvalue weighted by molar-refractivity contribution is 1.33. The first-order chi connectivity index (χ1) is 23.8. The number of benzene rings is 7. The summed E-state index contributed by atoms with van der Waals surface area (Å²) in [5, 5.41) is 15.4. The fourth-order valence-corrected chi connectivity index (χ4v) is 10.4. The molecule has 222 valence electrons. The summed E-state index contributed by atoms with van der Waals surface area (Å²) >= 11 is 3.78. The fraction of sp³-hybridized carbons (Fsp3) is 0. The lowest BCUT2D eigenvalue weighted by atomic mass is 9.88. The third-order valence-corrected chi connectivity index (χ3v) is 12.4. The molecule has 0 saturated carbocycles. The first-order valence-electron chi connectivity index (χ1n) is 16.1. The van der Waals surface area contributed by atoms with E-state index in [1.54, 1.807) is 0 Å². The third kappa shape index (κ3) is 3.67. The number of hydrogen-bond acceptors (Lipinski definition) is 4. The van der Waals surface area contributed by atoms with E-state index in [1.807, 2.05) is 59.6 Å². The zero-order chi connectivity index (χ0) is 31.3. The molecule has 7 aromatic carbocycles. The SMILES string of the molecule is c1cncc(-c2cc3cc4c(cc(-c5cccnc5)c5c4ccc4c6ccccc6sc45)cc3c3ccc4c5ccccc5sc4c23)c1. The van der Waals surface area contributed by atoms with E-state index in [0.29, 0.717) is 0 Å². The van der Waals surface area contributed by atoms with Crippen molar-refractivity contribution in [1.29, 1.82) is 0 Å². The Morgan fingerprint density at radius 2 is 0.833 bits per heavy atom. The van der Waals surface area contributed by atoms with Gasteiger partial charge in [-0.05, 0) is 92.0 Å². The van der Waals surface area contributed by atoms with Gasteiger partial charge < -0.3 is 0 Å². The maximum absolute atomic E-state index is 4.55. The number of thiophene rings is 2. The zero-order valence-corrected chi connectivity index (χ0v) is 27.2. The van der Waals surface area contributed by atoms with Gasteiger partial charge in [-0.15, -0.1) is 22.7 Å². The van der Waals surface area contributed by atoms with Gasteiger partial charge >= 0.3 is 0 Å². The van der Waals surface area contributed by atoms with E-state index in [4.69, 9.17) is 0 Å². The van der Waals surface area contributed by atoms with Crippen molar-refractivity contribution in [2.45, 2.75) is 0 Å². The van der Waals surface area contributed by atoms with Gasteiger partial charge in [-0.1, -0.05) is 72.8 Å². The predicted molar refractivity (Wildman–Crippen MR) is 209 cm³/mol. The van der Waals surface area contributed by atoms with Crippen LogP contribution in [0, 0.1) is 0 Å². The Kier molecular flexibility index (Phi) is 5.45. The van der Waals surface area contributed by atoms with E-state index in [-0.39, 0.29) is 0 Å². The van der Waals surface area contributed by atoms with Crippen molar-refractivity contribution in [2.75, 3.05) is 0 Å². The number of rotatable bonds is 2.